The van der Waals surface area contributed by atoms with E-state index in [0.29, 0.717) is 25.9 Å². The van der Waals surface area contributed by atoms with E-state index in [2.05, 4.69) is 17.1 Å². The predicted molar refractivity (Wildman–Crippen MR) is 91.5 cm³/mol. The second-order valence-corrected chi connectivity index (χ2v) is 7.95. The fourth-order valence-corrected chi connectivity index (χ4v) is 3.74. The van der Waals surface area contributed by atoms with E-state index in [-0.39, 0.29) is 5.91 Å². The average Bonchev–Trinajstić information content (AvgIpc) is 2.91. The Morgan fingerprint density at radius 3 is 2.86 bits per heavy atom. The predicted octanol–water partition coefficient (Wildman–Crippen LogP) is 2.54. The number of amides is 1. The van der Waals surface area contributed by atoms with Gasteiger partial charge in [0.2, 0.25) is 5.91 Å². The van der Waals surface area contributed by atoms with E-state index in [1.807, 2.05) is 12.1 Å². The number of hydrogen-bond donors (Lipinski definition) is 2. The van der Waals surface area contributed by atoms with E-state index in [1.54, 1.807) is 0 Å². The molecule has 0 spiro atoms. The Morgan fingerprint density at radius 1 is 1.50 bits per heavy atom. The van der Waals surface area contributed by atoms with Gasteiger partial charge in [-0.25, -0.2) is 0 Å². The molecule has 1 atom stereocenters. The van der Waals surface area contributed by atoms with E-state index >= 15 is 0 Å². The summed E-state index contributed by atoms with van der Waals surface area (Å²) in [6.07, 6.45) is 3.03. The summed E-state index contributed by atoms with van der Waals surface area (Å²) in [6, 6.07) is 3.80. The zero-order valence-corrected chi connectivity index (χ0v) is 14.6. The molecule has 22 heavy (non-hydrogen) atoms. The van der Waals surface area contributed by atoms with Crippen LogP contribution in [0.25, 0.3) is 0 Å². The van der Waals surface area contributed by atoms with Crippen LogP contribution in [0.5, 0.6) is 0 Å². The van der Waals surface area contributed by atoms with Gasteiger partial charge in [0.05, 0.1) is 10.4 Å². The van der Waals surface area contributed by atoms with Crippen LogP contribution in [0.4, 0.5) is 0 Å². The normalized spacial score (nSPS) is 18.3. The van der Waals surface area contributed by atoms with E-state index < -0.39 is 6.10 Å². The zero-order valence-electron chi connectivity index (χ0n) is 13.1. The van der Waals surface area contributed by atoms with E-state index in [9.17, 15) is 9.90 Å². The molecule has 2 heterocycles. The molecule has 0 saturated carbocycles. The van der Waals surface area contributed by atoms with Gasteiger partial charge in [0, 0.05) is 24.4 Å². The van der Waals surface area contributed by atoms with Gasteiger partial charge < -0.3 is 15.3 Å². The van der Waals surface area contributed by atoms with Crippen LogP contribution in [-0.4, -0.2) is 48.2 Å². The Labute approximate surface area is 141 Å². The van der Waals surface area contributed by atoms with Gasteiger partial charge in [0.1, 0.15) is 0 Å². The van der Waals surface area contributed by atoms with Crippen LogP contribution in [0.2, 0.25) is 4.34 Å². The SMILES string of the molecule is CC1CCN(CC(O)CNC(=O)CCc2ccc(Cl)s2)CC1. The van der Waals surface area contributed by atoms with Crippen molar-refractivity contribution in [2.75, 3.05) is 26.2 Å². The molecule has 0 bridgehead atoms. The minimum atomic E-state index is -0.492. The molecule has 6 heteroatoms. The number of thiophene rings is 1. The zero-order chi connectivity index (χ0) is 15.9. The molecule has 0 aliphatic carbocycles. The molecule has 4 nitrogen and oxygen atoms in total. The number of aliphatic hydroxyl groups excluding tert-OH is 1. The number of halogens is 1. The van der Waals surface area contributed by atoms with Crippen molar-refractivity contribution in [1.82, 2.24) is 10.2 Å². The molecule has 1 amide bonds. The molecule has 1 aliphatic rings. The summed E-state index contributed by atoms with van der Waals surface area (Å²) in [7, 11) is 0. The number of carbonyl (C=O) groups excluding carboxylic acids is 1. The van der Waals surface area contributed by atoms with Gasteiger partial charge in [-0.3, -0.25) is 4.79 Å². The Balaban J connectivity index is 1.59. The molecule has 0 radical (unpaired) electrons. The lowest BCUT2D eigenvalue weighted by Gasteiger charge is -2.31. The molecule has 124 valence electrons. The Bertz CT molecular complexity index is 472. The fourth-order valence-electron chi connectivity index (χ4n) is 2.65. The summed E-state index contributed by atoms with van der Waals surface area (Å²) in [5, 5.41) is 12.8. The lowest BCUT2D eigenvalue weighted by atomic mass is 9.99. The van der Waals surface area contributed by atoms with Crippen molar-refractivity contribution >= 4 is 28.8 Å². The smallest absolute Gasteiger partial charge is 0.220 e. The van der Waals surface area contributed by atoms with Crippen molar-refractivity contribution in [3.05, 3.63) is 21.3 Å². The standard InChI is InChI=1S/C16H25ClN2O2S/c1-12-6-8-19(9-7-12)11-13(20)10-18-16(21)5-3-14-2-4-15(17)22-14/h2,4,12-13,20H,3,5-11H2,1H3,(H,18,21). The molecule has 0 aromatic carbocycles. The number of nitrogens with one attached hydrogen (secondary N) is 1. The summed E-state index contributed by atoms with van der Waals surface area (Å²) in [5.41, 5.74) is 0. The first-order chi connectivity index (χ1) is 10.5. The number of β-amino-alcohol motifs (C(OH)–C–C–N with tert-alkyl or cyclic N) is 1. The second kappa shape index (κ2) is 8.87. The minimum Gasteiger partial charge on any atom is -0.390 e. The van der Waals surface area contributed by atoms with E-state index in [4.69, 9.17) is 11.6 Å². The van der Waals surface area contributed by atoms with Gasteiger partial charge in [-0.1, -0.05) is 18.5 Å². The van der Waals surface area contributed by atoms with E-state index in [0.717, 1.165) is 28.2 Å². The number of aryl methyl sites for hydroxylation is 1. The second-order valence-electron chi connectivity index (χ2n) is 6.15. The molecule has 1 unspecified atom stereocenters. The lowest BCUT2D eigenvalue weighted by molar-refractivity contribution is -0.121. The number of carbonyl (C=O) groups is 1. The Hall–Kier alpha value is -0.620. The number of nitrogens with zero attached hydrogens (tertiary/aromatic N) is 1. The first-order valence-electron chi connectivity index (χ1n) is 7.94. The summed E-state index contributed by atoms with van der Waals surface area (Å²) in [5.74, 6) is 0.773. The van der Waals surface area contributed by atoms with Crippen molar-refractivity contribution in [3.63, 3.8) is 0 Å². The maximum Gasteiger partial charge on any atom is 0.220 e. The van der Waals surface area contributed by atoms with E-state index in [1.165, 1.54) is 24.2 Å². The third kappa shape index (κ3) is 6.24. The van der Waals surface area contributed by atoms with Crippen LogP contribution in [0.1, 0.15) is 31.1 Å². The van der Waals surface area contributed by atoms with Gasteiger partial charge in [-0.05, 0) is 50.4 Å². The number of rotatable bonds is 7. The number of aliphatic hydroxyl groups is 1. The van der Waals surface area contributed by atoms with Crippen LogP contribution in [0, 0.1) is 5.92 Å². The molecule has 1 saturated heterocycles. The molecule has 1 aromatic heterocycles. The van der Waals surface area contributed by atoms with Gasteiger partial charge in [-0.15, -0.1) is 11.3 Å². The highest BCUT2D eigenvalue weighted by atomic mass is 35.5. The quantitative estimate of drug-likeness (QED) is 0.799. The monoisotopic (exact) mass is 344 g/mol. The summed E-state index contributed by atoms with van der Waals surface area (Å²) < 4.78 is 0.752. The Morgan fingerprint density at radius 2 is 2.23 bits per heavy atom. The summed E-state index contributed by atoms with van der Waals surface area (Å²) in [4.78, 5) is 15.2. The summed E-state index contributed by atoms with van der Waals surface area (Å²) in [6.45, 7) is 5.34. The van der Waals surface area contributed by atoms with Crippen LogP contribution < -0.4 is 5.32 Å². The van der Waals surface area contributed by atoms with Crippen LogP contribution in [0.15, 0.2) is 12.1 Å². The molecule has 1 fully saturated rings. The first kappa shape index (κ1) is 17.7. The molecule has 2 rings (SSSR count). The maximum absolute atomic E-state index is 11.8. The van der Waals surface area contributed by atoms with Crippen molar-refractivity contribution in [3.8, 4) is 0 Å². The Kier molecular flexibility index (Phi) is 7.15. The molecular weight excluding hydrogens is 320 g/mol. The van der Waals surface area contributed by atoms with Crippen LogP contribution in [-0.2, 0) is 11.2 Å². The van der Waals surface area contributed by atoms with Crippen LogP contribution in [0.3, 0.4) is 0 Å². The molecule has 1 aliphatic heterocycles. The molecule has 1 aromatic rings. The van der Waals surface area contributed by atoms with Crippen LogP contribution >= 0.6 is 22.9 Å². The van der Waals surface area contributed by atoms with Gasteiger partial charge in [0.15, 0.2) is 0 Å². The third-order valence-electron chi connectivity index (χ3n) is 4.11. The minimum absolute atomic E-state index is 0.0177. The van der Waals surface area contributed by atoms with Gasteiger partial charge in [-0.2, -0.15) is 0 Å². The van der Waals surface area contributed by atoms with Crippen molar-refractivity contribution < 1.29 is 9.90 Å². The third-order valence-corrected chi connectivity index (χ3v) is 5.40. The van der Waals surface area contributed by atoms with Crippen molar-refractivity contribution in [1.29, 1.82) is 0 Å². The number of hydrogen-bond acceptors (Lipinski definition) is 4. The average molecular weight is 345 g/mol. The largest absolute Gasteiger partial charge is 0.390 e. The van der Waals surface area contributed by atoms with Crippen molar-refractivity contribution in [2.24, 2.45) is 5.92 Å². The number of likely N-dealkylation sites (tertiary alicyclic amines) is 1. The highest BCUT2D eigenvalue weighted by Gasteiger charge is 2.18. The highest BCUT2D eigenvalue weighted by molar-refractivity contribution is 7.16. The van der Waals surface area contributed by atoms with Crippen molar-refractivity contribution in [2.45, 2.75) is 38.7 Å². The lowest BCUT2D eigenvalue weighted by Crippen LogP contribution is -2.43. The maximum atomic E-state index is 11.8. The fraction of sp³-hybridized carbons (Fsp3) is 0.688. The van der Waals surface area contributed by atoms with Gasteiger partial charge in [0.25, 0.3) is 0 Å². The first-order valence-corrected chi connectivity index (χ1v) is 9.13. The number of piperidine rings is 1. The van der Waals surface area contributed by atoms with Gasteiger partial charge >= 0.3 is 0 Å². The topological polar surface area (TPSA) is 52.6 Å². The summed E-state index contributed by atoms with van der Waals surface area (Å²) >= 11 is 7.37. The molecule has 2 N–H and O–H groups in total. The highest BCUT2D eigenvalue weighted by Crippen LogP contribution is 2.22. The molecular formula is C16H25ClN2O2S.